The molecular formula is C2H17ClCoN5O2-. The van der Waals surface area contributed by atoms with E-state index in [1.165, 1.54) is 0 Å². The standard InChI is InChI=1S/C2H3ClO2.Co.4H3N.H2N/c3-1-2(4)5;;;;;;/h1H2,(H,4,5);;4*1H3;1H2/q;;;;;;-1. The van der Waals surface area contributed by atoms with Crippen LogP contribution in [0.25, 0.3) is 6.15 Å². The van der Waals surface area contributed by atoms with Crippen molar-refractivity contribution in [3.8, 4) is 0 Å². The maximum atomic E-state index is 9.24. The summed E-state index contributed by atoms with van der Waals surface area (Å²) in [6, 6.07) is 0. The van der Waals surface area contributed by atoms with Crippen LogP contribution in [0, 0.1) is 0 Å². The van der Waals surface area contributed by atoms with Crippen LogP contribution in [-0.4, -0.2) is 17.0 Å². The van der Waals surface area contributed by atoms with Crippen LogP contribution < -0.4 is 24.6 Å². The summed E-state index contributed by atoms with van der Waals surface area (Å²) in [5.41, 5.74) is 0. The van der Waals surface area contributed by atoms with Crippen molar-refractivity contribution >= 4 is 17.6 Å². The minimum absolute atomic E-state index is 0. The van der Waals surface area contributed by atoms with Crippen LogP contribution in [0.2, 0.25) is 0 Å². The van der Waals surface area contributed by atoms with Crippen LogP contribution in [0.1, 0.15) is 0 Å². The molecule has 79 valence electrons. The van der Waals surface area contributed by atoms with Crippen molar-refractivity contribution < 1.29 is 26.7 Å². The van der Waals surface area contributed by atoms with E-state index in [0.717, 1.165) is 0 Å². The molecule has 0 saturated heterocycles. The maximum Gasteiger partial charge on any atom is 0.318 e. The third kappa shape index (κ3) is 153. The largest absolute Gasteiger partial charge is 0.693 e. The van der Waals surface area contributed by atoms with Gasteiger partial charge in [0.2, 0.25) is 0 Å². The van der Waals surface area contributed by atoms with Gasteiger partial charge in [-0.05, 0) is 0 Å². The fourth-order valence-corrected chi connectivity index (χ4v) is 0. The predicted octanol–water partition coefficient (Wildman–Crippen LogP) is 1.67. The molecule has 0 amide bonds. The second-order valence-electron chi connectivity index (χ2n) is 0.527. The number of nitrogens with two attached hydrogens (primary N) is 1. The van der Waals surface area contributed by atoms with Gasteiger partial charge in [0.15, 0.2) is 0 Å². The average Bonchev–Trinajstić information content (AvgIpc) is 1.38. The Morgan fingerprint density at radius 1 is 1.18 bits per heavy atom. The number of alkyl halides is 1. The molecule has 0 aromatic rings. The van der Waals surface area contributed by atoms with Gasteiger partial charge < -0.3 is 35.9 Å². The van der Waals surface area contributed by atoms with Gasteiger partial charge in [-0.2, -0.15) is 0 Å². The summed E-state index contributed by atoms with van der Waals surface area (Å²) in [5, 5.41) is 7.59. The van der Waals surface area contributed by atoms with Gasteiger partial charge in [0.25, 0.3) is 0 Å². The Bertz CT molecular complexity index is 57.7. The Hall–Kier alpha value is 0.0665. The summed E-state index contributed by atoms with van der Waals surface area (Å²) >= 11 is 4.74. The predicted molar refractivity (Wildman–Crippen MR) is 43.7 cm³/mol. The third-order valence-electron chi connectivity index (χ3n) is 0.114. The number of aliphatic carboxylic acids is 1. The van der Waals surface area contributed by atoms with Gasteiger partial charge in [0.05, 0.1) is 0 Å². The van der Waals surface area contributed by atoms with Gasteiger partial charge in [-0.15, -0.1) is 11.6 Å². The summed E-state index contributed by atoms with van der Waals surface area (Å²) in [6.07, 6.45) is 0. The van der Waals surface area contributed by atoms with E-state index in [1.807, 2.05) is 0 Å². The van der Waals surface area contributed by atoms with Gasteiger partial charge in [-0.1, -0.05) is 0 Å². The quantitative estimate of drug-likeness (QED) is 0.427. The Labute approximate surface area is 81.4 Å². The van der Waals surface area contributed by atoms with Gasteiger partial charge in [-0.3, -0.25) is 4.79 Å². The molecule has 0 fully saturated rings. The number of hydrogen-bond acceptors (Lipinski definition) is 5. The molecule has 15 N–H and O–H groups in total. The fraction of sp³-hybridized carbons (Fsp3) is 0.500. The second kappa shape index (κ2) is 50.0. The summed E-state index contributed by atoms with van der Waals surface area (Å²) < 4.78 is 0. The molecule has 0 rings (SSSR count). The first-order chi connectivity index (χ1) is 2.27. The van der Waals surface area contributed by atoms with Crippen LogP contribution in [-0.2, 0) is 21.6 Å². The van der Waals surface area contributed by atoms with Crippen LogP contribution >= 0.6 is 11.6 Å². The summed E-state index contributed by atoms with van der Waals surface area (Å²) in [5.74, 6) is -1.29. The molecule has 9 heteroatoms. The van der Waals surface area contributed by atoms with Crippen molar-refractivity contribution in [3.63, 3.8) is 0 Å². The van der Waals surface area contributed by atoms with E-state index < -0.39 is 5.97 Å². The first kappa shape index (κ1) is 67.8. The SMILES string of the molecule is N.N.N.N.O=C(O)CCl.[Co].[NH2-]. The molecule has 0 aliphatic carbocycles. The first-order valence-corrected chi connectivity index (χ1v) is 1.58. The molecule has 11 heavy (non-hydrogen) atoms. The molecule has 0 unspecified atom stereocenters. The molecule has 0 aromatic heterocycles. The number of hydrogen-bond donors (Lipinski definition) is 5. The Kier molecular flexibility index (Phi) is 308. The summed E-state index contributed by atoms with van der Waals surface area (Å²) in [6.45, 7) is 0. The smallest absolute Gasteiger partial charge is 0.318 e. The van der Waals surface area contributed by atoms with Crippen LogP contribution in [0.4, 0.5) is 0 Å². The molecule has 0 aliphatic rings. The second-order valence-corrected chi connectivity index (χ2v) is 0.795. The zero-order valence-corrected chi connectivity index (χ0v) is 7.98. The van der Waals surface area contributed by atoms with Crippen molar-refractivity contribution in [2.45, 2.75) is 0 Å². The van der Waals surface area contributed by atoms with Crippen molar-refractivity contribution in [1.29, 1.82) is 0 Å². The van der Waals surface area contributed by atoms with Gasteiger partial charge in [0, 0.05) is 16.8 Å². The molecule has 0 bridgehead atoms. The minimum Gasteiger partial charge on any atom is -0.693 e. The van der Waals surface area contributed by atoms with E-state index in [9.17, 15) is 4.79 Å². The molecule has 1 radical (unpaired) electrons. The van der Waals surface area contributed by atoms with E-state index in [-0.39, 0.29) is 53.4 Å². The van der Waals surface area contributed by atoms with E-state index in [2.05, 4.69) is 0 Å². The maximum absolute atomic E-state index is 9.24. The summed E-state index contributed by atoms with van der Waals surface area (Å²) in [4.78, 5) is 9.24. The van der Waals surface area contributed by atoms with Crippen LogP contribution in [0.5, 0.6) is 0 Å². The average molecular weight is 238 g/mol. The molecule has 0 aliphatic heterocycles. The number of carboxylic acid groups (broad SMARTS) is 1. The van der Waals surface area contributed by atoms with Gasteiger partial charge in [0.1, 0.15) is 5.88 Å². The Morgan fingerprint density at radius 2 is 1.27 bits per heavy atom. The van der Waals surface area contributed by atoms with Crippen molar-refractivity contribution in [2.75, 3.05) is 5.88 Å². The van der Waals surface area contributed by atoms with E-state index in [1.54, 1.807) is 0 Å². The molecule has 0 spiro atoms. The molecular weight excluding hydrogens is 220 g/mol. The number of carbonyl (C=O) groups is 1. The summed E-state index contributed by atoms with van der Waals surface area (Å²) in [7, 11) is 0. The van der Waals surface area contributed by atoms with Crippen LogP contribution in [0.3, 0.4) is 0 Å². The van der Waals surface area contributed by atoms with E-state index in [0.29, 0.717) is 0 Å². The number of halogens is 1. The van der Waals surface area contributed by atoms with Crippen molar-refractivity contribution in [3.05, 3.63) is 6.15 Å². The van der Waals surface area contributed by atoms with E-state index >= 15 is 0 Å². The van der Waals surface area contributed by atoms with Crippen molar-refractivity contribution in [1.82, 2.24) is 24.6 Å². The topological polar surface area (TPSA) is 211 Å². The molecule has 7 nitrogen and oxygen atoms in total. The van der Waals surface area contributed by atoms with Crippen LogP contribution in [0.15, 0.2) is 0 Å². The Balaban J connectivity index is -0.00000000533. The zero-order chi connectivity index (χ0) is 4.28. The zero-order valence-electron chi connectivity index (χ0n) is 6.18. The first-order valence-electron chi connectivity index (χ1n) is 1.05. The molecule has 0 saturated carbocycles. The minimum atomic E-state index is -0.980. The molecule has 0 aromatic carbocycles. The number of carboxylic acids is 1. The molecule has 0 atom stereocenters. The third-order valence-corrected chi connectivity index (χ3v) is 0.343. The van der Waals surface area contributed by atoms with Gasteiger partial charge in [-0.25, -0.2) is 0 Å². The normalized spacial score (nSPS) is 3.36. The van der Waals surface area contributed by atoms with Crippen molar-refractivity contribution in [2.24, 2.45) is 0 Å². The Morgan fingerprint density at radius 3 is 1.27 bits per heavy atom. The van der Waals surface area contributed by atoms with Gasteiger partial charge >= 0.3 is 5.97 Å². The molecule has 0 heterocycles. The fourth-order valence-electron chi connectivity index (χ4n) is 0. The number of rotatable bonds is 1. The monoisotopic (exact) mass is 237 g/mol. The van der Waals surface area contributed by atoms with E-state index in [4.69, 9.17) is 16.7 Å².